The van der Waals surface area contributed by atoms with Crippen molar-refractivity contribution in [1.29, 1.82) is 0 Å². The molecule has 0 spiro atoms. The lowest BCUT2D eigenvalue weighted by Crippen LogP contribution is -2.24. The summed E-state index contributed by atoms with van der Waals surface area (Å²) in [6.07, 6.45) is 2.78. The van der Waals surface area contributed by atoms with Crippen molar-refractivity contribution in [2.75, 3.05) is 4.90 Å². The second kappa shape index (κ2) is 3.65. The smallest absolute Gasteiger partial charge is 0.273 e. The molecule has 1 aliphatic heterocycles. The Morgan fingerprint density at radius 1 is 1.50 bits per heavy atom. The number of carbonyl (C=O) groups is 1. The highest BCUT2D eigenvalue weighted by molar-refractivity contribution is 5.95. The predicted octanol–water partition coefficient (Wildman–Crippen LogP) is 1.81. The van der Waals surface area contributed by atoms with Gasteiger partial charge in [0.15, 0.2) is 5.75 Å². The zero-order valence-corrected chi connectivity index (χ0v) is 8.41. The SMILES string of the molecule is CC(=O)N1C=COc2cc([N+](=O)[O-])ccc21. The number of nitro benzene ring substituents is 1. The molecule has 0 radical (unpaired) electrons. The van der Waals surface area contributed by atoms with Crippen LogP contribution in [0.5, 0.6) is 5.75 Å². The van der Waals surface area contributed by atoms with Crippen LogP contribution in [0.15, 0.2) is 30.7 Å². The first-order valence-corrected chi connectivity index (χ1v) is 4.51. The molecule has 0 aromatic heterocycles. The first-order valence-electron chi connectivity index (χ1n) is 4.51. The van der Waals surface area contributed by atoms with Gasteiger partial charge in [-0.15, -0.1) is 0 Å². The lowest BCUT2D eigenvalue weighted by atomic mass is 10.2. The lowest BCUT2D eigenvalue weighted by Gasteiger charge is -2.22. The summed E-state index contributed by atoms with van der Waals surface area (Å²) in [5.74, 6) is 0.113. The summed E-state index contributed by atoms with van der Waals surface area (Å²) in [5.41, 5.74) is 0.429. The minimum atomic E-state index is -0.514. The molecule has 6 nitrogen and oxygen atoms in total. The normalized spacial score (nSPS) is 12.9. The molecular weight excluding hydrogens is 212 g/mol. The molecule has 16 heavy (non-hydrogen) atoms. The number of non-ortho nitro benzene ring substituents is 1. The van der Waals surface area contributed by atoms with E-state index in [9.17, 15) is 14.9 Å². The van der Waals surface area contributed by atoms with Gasteiger partial charge in [-0.1, -0.05) is 0 Å². The summed E-state index contributed by atoms with van der Waals surface area (Å²) in [7, 11) is 0. The highest BCUT2D eigenvalue weighted by Gasteiger charge is 2.20. The van der Waals surface area contributed by atoms with Crippen molar-refractivity contribution in [3.63, 3.8) is 0 Å². The molecule has 1 heterocycles. The second-order valence-electron chi connectivity index (χ2n) is 3.20. The molecule has 0 unspecified atom stereocenters. The highest BCUT2D eigenvalue weighted by atomic mass is 16.6. The number of fused-ring (bicyclic) bond motifs is 1. The number of hydrogen-bond donors (Lipinski definition) is 0. The van der Waals surface area contributed by atoms with Crippen molar-refractivity contribution in [2.45, 2.75) is 6.92 Å². The minimum absolute atomic E-state index is 0.0717. The van der Waals surface area contributed by atoms with E-state index in [2.05, 4.69) is 0 Å². The van der Waals surface area contributed by atoms with Gasteiger partial charge in [-0.3, -0.25) is 19.8 Å². The first-order chi connectivity index (χ1) is 7.59. The first kappa shape index (κ1) is 10.2. The quantitative estimate of drug-likeness (QED) is 0.534. The fourth-order valence-corrected chi connectivity index (χ4v) is 1.43. The molecule has 82 valence electrons. The highest BCUT2D eigenvalue weighted by Crippen LogP contribution is 2.35. The molecule has 0 fully saturated rings. The predicted molar refractivity (Wildman–Crippen MR) is 56.0 cm³/mol. The number of benzene rings is 1. The zero-order valence-electron chi connectivity index (χ0n) is 8.41. The number of anilines is 1. The number of nitrogens with zero attached hydrogens (tertiary/aromatic N) is 2. The van der Waals surface area contributed by atoms with Crippen LogP contribution in [0.25, 0.3) is 0 Å². The van der Waals surface area contributed by atoms with Gasteiger partial charge >= 0.3 is 0 Å². The van der Waals surface area contributed by atoms with E-state index in [4.69, 9.17) is 4.74 Å². The topological polar surface area (TPSA) is 72.7 Å². The molecule has 6 heteroatoms. The van der Waals surface area contributed by atoms with Gasteiger partial charge in [0, 0.05) is 19.2 Å². The zero-order chi connectivity index (χ0) is 11.7. The maximum atomic E-state index is 11.3. The van der Waals surface area contributed by atoms with Crippen LogP contribution in [-0.2, 0) is 4.79 Å². The van der Waals surface area contributed by atoms with E-state index in [-0.39, 0.29) is 11.6 Å². The van der Waals surface area contributed by atoms with Crippen molar-refractivity contribution in [3.8, 4) is 5.75 Å². The van der Waals surface area contributed by atoms with Crippen molar-refractivity contribution in [1.82, 2.24) is 0 Å². The molecule has 1 amide bonds. The minimum Gasteiger partial charge on any atom is -0.461 e. The molecule has 1 aromatic carbocycles. The summed E-state index contributed by atoms with van der Waals surface area (Å²) in [6, 6.07) is 4.10. The van der Waals surface area contributed by atoms with Gasteiger partial charge in [-0.25, -0.2) is 0 Å². The van der Waals surface area contributed by atoms with Crippen LogP contribution in [0.2, 0.25) is 0 Å². The summed E-state index contributed by atoms with van der Waals surface area (Å²) in [6.45, 7) is 1.40. The van der Waals surface area contributed by atoms with Crippen LogP contribution in [0.4, 0.5) is 11.4 Å². The Bertz CT molecular complexity index is 496. The van der Waals surface area contributed by atoms with E-state index in [1.54, 1.807) is 0 Å². The third kappa shape index (κ3) is 1.60. The second-order valence-corrected chi connectivity index (χ2v) is 3.20. The molecule has 1 aliphatic rings. The fourth-order valence-electron chi connectivity index (χ4n) is 1.43. The van der Waals surface area contributed by atoms with Crippen molar-refractivity contribution in [2.24, 2.45) is 0 Å². The van der Waals surface area contributed by atoms with Crippen LogP contribution in [-0.4, -0.2) is 10.8 Å². The Hall–Kier alpha value is -2.37. The molecule has 1 aromatic rings. The van der Waals surface area contributed by atoms with Crippen LogP contribution >= 0.6 is 0 Å². The number of amides is 1. The summed E-state index contributed by atoms with van der Waals surface area (Å²) < 4.78 is 5.12. The van der Waals surface area contributed by atoms with E-state index in [0.717, 1.165) is 0 Å². The monoisotopic (exact) mass is 220 g/mol. The summed E-state index contributed by atoms with van der Waals surface area (Å²) in [4.78, 5) is 22.7. The maximum Gasteiger partial charge on any atom is 0.273 e. The Morgan fingerprint density at radius 3 is 2.88 bits per heavy atom. The molecule has 0 atom stereocenters. The average Bonchev–Trinajstić information content (AvgIpc) is 2.27. The van der Waals surface area contributed by atoms with Gasteiger partial charge in [-0.05, 0) is 6.07 Å². The number of rotatable bonds is 1. The van der Waals surface area contributed by atoms with E-state index in [1.165, 1.54) is 42.5 Å². The van der Waals surface area contributed by atoms with Crippen molar-refractivity contribution < 1.29 is 14.5 Å². The van der Waals surface area contributed by atoms with Gasteiger partial charge in [0.1, 0.15) is 6.26 Å². The number of carbonyl (C=O) groups excluding carboxylic acids is 1. The van der Waals surface area contributed by atoms with Crippen LogP contribution < -0.4 is 9.64 Å². The van der Waals surface area contributed by atoms with Gasteiger partial charge in [0.2, 0.25) is 5.91 Å². The van der Waals surface area contributed by atoms with E-state index < -0.39 is 4.92 Å². The molecule has 0 N–H and O–H groups in total. The van der Waals surface area contributed by atoms with Crippen LogP contribution in [0, 0.1) is 10.1 Å². The molecular formula is C10H8N2O4. The average molecular weight is 220 g/mol. The molecule has 0 bridgehead atoms. The third-order valence-corrected chi connectivity index (χ3v) is 2.16. The van der Waals surface area contributed by atoms with Gasteiger partial charge in [0.05, 0.1) is 16.7 Å². The van der Waals surface area contributed by atoms with Crippen LogP contribution in [0.3, 0.4) is 0 Å². The Morgan fingerprint density at radius 2 is 2.25 bits per heavy atom. The van der Waals surface area contributed by atoms with Gasteiger partial charge in [-0.2, -0.15) is 0 Å². The van der Waals surface area contributed by atoms with E-state index >= 15 is 0 Å². The number of ether oxygens (including phenoxy) is 1. The van der Waals surface area contributed by atoms with Crippen LogP contribution in [0.1, 0.15) is 6.92 Å². The molecule has 2 rings (SSSR count). The summed E-state index contributed by atoms with van der Waals surface area (Å²) in [5, 5.41) is 10.6. The molecule has 0 saturated heterocycles. The molecule has 0 saturated carbocycles. The maximum absolute atomic E-state index is 11.3. The Balaban J connectivity index is 2.47. The lowest BCUT2D eigenvalue weighted by molar-refractivity contribution is -0.384. The van der Waals surface area contributed by atoms with Crippen molar-refractivity contribution >= 4 is 17.3 Å². The Kier molecular flexibility index (Phi) is 2.32. The van der Waals surface area contributed by atoms with Gasteiger partial charge in [0.25, 0.3) is 5.69 Å². The van der Waals surface area contributed by atoms with Gasteiger partial charge < -0.3 is 4.74 Å². The number of nitro groups is 1. The third-order valence-electron chi connectivity index (χ3n) is 2.16. The summed E-state index contributed by atoms with van der Waals surface area (Å²) >= 11 is 0. The number of hydrogen-bond acceptors (Lipinski definition) is 4. The Labute approximate surface area is 90.9 Å². The van der Waals surface area contributed by atoms with E-state index in [1.807, 2.05) is 0 Å². The standard InChI is InChI=1S/C10H8N2O4/c1-7(13)11-4-5-16-10-6-8(12(14)15)2-3-9(10)11/h2-6H,1H3. The largest absolute Gasteiger partial charge is 0.461 e. The molecule has 0 aliphatic carbocycles. The van der Waals surface area contributed by atoms with E-state index in [0.29, 0.717) is 11.4 Å². The van der Waals surface area contributed by atoms with Crippen molar-refractivity contribution in [3.05, 3.63) is 40.8 Å². The fraction of sp³-hybridized carbons (Fsp3) is 0.100.